The Hall–Kier alpha value is -5.87. The number of ether oxygens (including phenoxy) is 3. The van der Waals surface area contributed by atoms with Crippen LogP contribution in [0.3, 0.4) is 0 Å². The molecule has 0 heterocycles. The molecule has 0 aliphatic heterocycles. The highest BCUT2D eigenvalue weighted by molar-refractivity contribution is 7.47. The van der Waals surface area contributed by atoms with Crippen molar-refractivity contribution in [3.8, 4) is 0 Å². The second-order valence-corrected chi connectivity index (χ2v) is 36.0. The van der Waals surface area contributed by atoms with Gasteiger partial charge in [0, 0.05) is 19.3 Å². The molecule has 0 saturated heterocycles. The number of carbonyl (C=O) groups excluding carboxylic acids is 3. The molecular formula is C109H182O16P2. The van der Waals surface area contributed by atoms with Crippen molar-refractivity contribution >= 4 is 33.6 Å². The van der Waals surface area contributed by atoms with Gasteiger partial charge in [-0.1, -0.05) is 426 Å². The molecule has 724 valence electrons. The first kappa shape index (κ1) is 121. The van der Waals surface area contributed by atoms with E-state index in [1.807, 2.05) is 0 Å². The lowest BCUT2D eigenvalue weighted by atomic mass is 10.0. The van der Waals surface area contributed by atoms with E-state index in [1.165, 1.54) is 161 Å². The Balaban J connectivity index is 4.58. The number of esters is 3. The molecule has 0 aliphatic carbocycles. The third-order valence-corrected chi connectivity index (χ3v) is 22.9. The molecule has 127 heavy (non-hydrogen) atoms. The van der Waals surface area contributed by atoms with E-state index in [0.717, 1.165) is 186 Å². The molecule has 18 heteroatoms. The molecule has 4 N–H and O–H groups in total. The lowest BCUT2D eigenvalue weighted by Crippen LogP contribution is -2.30. The van der Waals surface area contributed by atoms with Gasteiger partial charge >= 0.3 is 33.6 Å². The largest absolute Gasteiger partial charge is 0.472 e. The van der Waals surface area contributed by atoms with Crippen molar-refractivity contribution in [1.82, 2.24) is 0 Å². The second-order valence-electron chi connectivity index (χ2n) is 33.1. The van der Waals surface area contributed by atoms with E-state index in [4.69, 9.17) is 32.3 Å². The van der Waals surface area contributed by atoms with Gasteiger partial charge in [0.1, 0.15) is 25.4 Å². The fraction of sp³-hybridized carbons (Fsp3) is 0.661. The Bertz CT molecular complexity index is 3140. The average molecular weight is 1810 g/mol. The predicted molar refractivity (Wildman–Crippen MR) is 537 cm³/mol. The van der Waals surface area contributed by atoms with E-state index in [0.29, 0.717) is 19.3 Å². The summed E-state index contributed by atoms with van der Waals surface area (Å²) in [6.07, 6.45) is 135. The molecule has 0 radical (unpaired) electrons. The molecule has 0 amide bonds. The average Bonchev–Trinajstić information content (AvgIpc) is 0.900. The standard InChI is InChI=1S/C109H182O16P2/c1-4-7-10-13-16-19-22-25-28-31-34-37-40-42-44-46-48-50-51-53-55-56-58-60-63-65-68-71-74-77-80-83-86-89-92-95-107(112)119-98-104(110)99-121-126(115,116)122-100-105(111)101-123-127(117,118)124-103-106(125-109(114)97-94-91-88-85-82-79-76-73-70-67-62-39-36-33-30-27-24-21-18-15-12-9-6-3)102-120-108(113)96-93-90-87-84-81-78-75-72-69-66-64-61-59-57-54-52-49-47-45-43-41-38-35-32-29-26-23-20-17-14-11-8-5-2/h7-12,16-21,25-30,34-39,42-45,49,52,67,70,76,79,104-106,110-111H,4-6,13-15,22-24,31-33,40-41,46-48,50-51,53-66,68-69,71-75,77-78,80-103H2,1-3H3,(H,115,116)(H,117,118)/b10-7-,11-8-,12-9-,19-16-,20-17-,21-18-,28-25-,29-26-,30-27-,37-34-,38-35-,39-36-,44-42-,45-43-,52-49-,70-67-,79-76-. The van der Waals surface area contributed by atoms with Gasteiger partial charge in [-0.2, -0.15) is 0 Å². The molecule has 0 rings (SSSR count). The summed E-state index contributed by atoms with van der Waals surface area (Å²) in [5.74, 6) is -1.60. The van der Waals surface area contributed by atoms with Gasteiger partial charge in [-0.3, -0.25) is 32.5 Å². The zero-order valence-electron chi connectivity index (χ0n) is 80.1. The van der Waals surface area contributed by atoms with Gasteiger partial charge in [-0.15, -0.1) is 0 Å². The maximum atomic E-state index is 13.1. The highest BCUT2D eigenvalue weighted by Gasteiger charge is 2.30. The minimum Gasteiger partial charge on any atom is -0.463 e. The van der Waals surface area contributed by atoms with E-state index < -0.39 is 91.5 Å². The lowest BCUT2D eigenvalue weighted by Gasteiger charge is -2.21. The number of carbonyl (C=O) groups is 3. The van der Waals surface area contributed by atoms with Crippen LogP contribution in [0.4, 0.5) is 0 Å². The van der Waals surface area contributed by atoms with Crippen LogP contribution in [0.15, 0.2) is 207 Å². The minimum atomic E-state index is -4.96. The number of aliphatic hydroxyl groups is 2. The molecular weight excluding hydrogens is 1630 g/mol. The van der Waals surface area contributed by atoms with Crippen molar-refractivity contribution in [2.24, 2.45) is 0 Å². The van der Waals surface area contributed by atoms with Crippen LogP contribution in [0.5, 0.6) is 0 Å². The van der Waals surface area contributed by atoms with Crippen molar-refractivity contribution in [2.75, 3.05) is 39.6 Å². The molecule has 0 saturated carbocycles. The first-order chi connectivity index (χ1) is 62.2. The lowest BCUT2D eigenvalue weighted by molar-refractivity contribution is -0.161. The van der Waals surface area contributed by atoms with Crippen LogP contribution in [-0.2, 0) is 55.8 Å². The molecule has 5 atom stereocenters. The summed E-state index contributed by atoms with van der Waals surface area (Å²) < 4.78 is 61.6. The molecule has 0 aliphatic rings. The molecule has 0 fully saturated rings. The van der Waals surface area contributed by atoms with E-state index in [1.54, 1.807) is 0 Å². The third kappa shape index (κ3) is 101. The van der Waals surface area contributed by atoms with Crippen molar-refractivity contribution in [3.05, 3.63) is 207 Å². The van der Waals surface area contributed by atoms with Gasteiger partial charge < -0.3 is 34.2 Å². The van der Waals surface area contributed by atoms with Gasteiger partial charge in [-0.25, -0.2) is 9.13 Å². The van der Waals surface area contributed by atoms with Crippen LogP contribution >= 0.6 is 15.6 Å². The molecule has 0 aromatic heterocycles. The topological polar surface area (TPSA) is 231 Å². The van der Waals surface area contributed by atoms with Crippen LogP contribution in [0.25, 0.3) is 0 Å². The summed E-state index contributed by atoms with van der Waals surface area (Å²) in [5.41, 5.74) is 0. The van der Waals surface area contributed by atoms with Crippen molar-refractivity contribution in [1.29, 1.82) is 0 Å². The number of hydrogen-bond donors (Lipinski definition) is 4. The summed E-state index contributed by atoms with van der Waals surface area (Å²) in [6, 6.07) is 0. The van der Waals surface area contributed by atoms with Crippen molar-refractivity contribution in [2.45, 2.75) is 424 Å². The highest BCUT2D eigenvalue weighted by atomic mass is 31.2. The van der Waals surface area contributed by atoms with Gasteiger partial charge in [0.15, 0.2) is 6.10 Å². The molecule has 0 aromatic rings. The monoisotopic (exact) mass is 1810 g/mol. The van der Waals surface area contributed by atoms with Gasteiger partial charge in [-0.05, 0) is 167 Å². The van der Waals surface area contributed by atoms with E-state index in [2.05, 4.69) is 227 Å². The van der Waals surface area contributed by atoms with Crippen LogP contribution in [0.1, 0.15) is 406 Å². The Kier molecular flexibility index (Phi) is 94.6. The van der Waals surface area contributed by atoms with Crippen LogP contribution in [0, 0.1) is 0 Å². The van der Waals surface area contributed by atoms with Gasteiger partial charge in [0.25, 0.3) is 0 Å². The summed E-state index contributed by atoms with van der Waals surface area (Å²) in [6.45, 7) is 2.36. The van der Waals surface area contributed by atoms with Crippen LogP contribution in [0.2, 0.25) is 0 Å². The normalized spacial score (nSPS) is 14.5. The first-order valence-electron chi connectivity index (χ1n) is 50.4. The minimum absolute atomic E-state index is 0.0690. The van der Waals surface area contributed by atoms with E-state index in [-0.39, 0.29) is 19.3 Å². The third-order valence-electron chi connectivity index (χ3n) is 21.0. The number of unbranched alkanes of at least 4 members (excludes halogenated alkanes) is 37. The first-order valence-corrected chi connectivity index (χ1v) is 53.4. The summed E-state index contributed by atoms with van der Waals surface area (Å²) in [7, 11) is -9.83. The zero-order valence-corrected chi connectivity index (χ0v) is 81.9. The molecule has 0 bridgehead atoms. The quantitative estimate of drug-likeness (QED) is 0.0146. The maximum Gasteiger partial charge on any atom is 0.472 e. The van der Waals surface area contributed by atoms with Gasteiger partial charge in [0.05, 0.1) is 26.4 Å². The number of aliphatic hydroxyl groups excluding tert-OH is 2. The second kappa shape index (κ2) is 99.1. The van der Waals surface area contributed by atoms with E-state index in [9.17, 15) is 43.5 Å². The van der Waals surface area contributed by atoms with Crippen molar-refractivity contribution < 1.29 is 75.8 Å². The summed E-state index contributed by atoms with van der Waals surface area (Å²) in [4.78, 5) is 59.2. The Morgan fingerprint density at radius 1 is 0.220 bits per heavy atom. The number of phosphoric ester groups is 2. The van der Waals surface area contributed by atoms with Gasteiger partial charge in [0.2, 0.25) is 0 Å². The Morgan fingerprint density at radius 3 is 0.622 bits per heavy atom. The Morgan fingerprint density at radius 2 is 0.394 bits per heavy atom. The zero-order chi connectivity index (χ0) is 92.1. The number of phosphoric acid groups is 2. The smallest absolute Gasteiger partial charge is 0.463 e. The fourth-order valence-electron chi connectivity index (χ4n) is 13.5. The summed E-state index contributed by atoms with van der Waals surface area (Å²) in [5, 5.41) is 20.8. The van der Waals surface area contributed by atoms with Crippen LogP contribution < -0.4 is 0 Å². The maximum absolute atomic E-state index is 13.1. The van der Waals surface area contributed by atoms with Crippen molar-refractivity contribution in [3.63, 3.8) is 0 Å². The molecule has 0 aromatic carbocycles. The predicted octanol–water partition coefficient (Wildman–Crippen LogP) is 31.9. The van der Waals surface area contributed by atoms with E-state index >= 15 is 0 Å². The number of allylic oxidation sites excluding steroid dienone is 34. The molecule has 0 spiro atoms. The fourth-order valence-corrected chi connectivity index (χ4v) is 15.1. The van der Waals surface area contributed by atoms with Crippen LogP contribution in [-0.4, -0.2) is 95.9 Å². The highest BCUT2D eigenvalue weighted by Crippen LogP contribution is 2.45. The number of rotatable bonds is 94. The molecule has 5 unspecified atom stereocenters. The SMILES string of the molecule is CC/C=C\C/C=C\C/C=C\C/C=C\C/C=C\C/C=C\CCCCCCCCCCCCCCCCC(=O)OCC(COP(=O)(O)OCC(O)COP(=O)(O)OCC(O)COC(=O)CCCCCCCCCCCCCCCCCCCCC/C=C\C/C=C\C/C=C\C/C=C\C/C=C\CC)OC(=O)CCCCCC/C=C\C/C=C\C/C=C\C/C=C\C/C=C\C/C=C\CC. The summed E-state index contributed by atoms with van der Waals surface area (Å²) >= 11 is 0. The number of hydrogen-bond acceptors (Lipinski definition) is 14. The molecule has 16 nitrogen and oxygen atoms in total. The Labute approximate surface area is 775 Å².